The van der Waals surface area contributed by atoms with Crippen LogP contribution in [-0.4, -0.2) is 46.6 Å². The Labute approximate surface area is 112 Å². The third-order valence-corrected chi connectivity index (χ3v) is 2.76. The topological polar surface area (TPSA) is 93.2 Å². The molecule has 0 saturated heterocycles. The van der Waals surface area contributed by atoms with Crippen LogP contribution < -0.4 is 11.1 Å². The van der Waals surface area contributed by atoms with Crippen LogP contribution in [0.2, 0.25) is 0 Å². The molecule has 7 nitrogen and oxygen atoms in total. The Bertz CT molecular complexity index is 455. The maximum atomic E-state index is 12.5. The van der Waals surface area contributed by atoms with Gasteiger partial charge in [-0.3, -0.25) is 14.3 Å². The van der Waals surface area contributed by atoms with Crippen molar-refractivity contribution in [1.82, 2.24) is 20.0 Å². The number of nitrogens with two attached hydrogens (primary N) is 1. The maximum Gasteiger partial charge on any atom is 0.274 e. The van der Waals surface area contributed by atoms with Crippen molar-refractivity contribution >= 4 is 17.5 Å². The number of carbonyl (C=O) groups excluding carboxylic acids is 2. The summed E-state index contributed by atoms with van der Waals surface area (Å²) < 4.78 is 1.55. The van der Waals surface area contributed by atoms with Gasteiger partial charge < -0.3 is 16.0 Å². The van der Waals surface area contributed by atoms with Gasteiger partial charge in [0.05, 0.1) is 18.4 Å². The van der Waals surface area contributed by atoms with E-state index >= 15 is 0 Å². The molecular weight excluding hydrogens is 246 g/mol. The number of hydrogen-bond donors (Lipinski definition) is 2. The van der Waals surface area contributed by atoms with Gasteiger partial charge in [-0.2, -0.15) is 5.10 Å². The summed E-state index contributed by atoms with van der Waals surface area (Å²) in [6.45, 7) is 4.91. The Morgan fingerprint density at radius 2 is 2.16 bits per heavy atom. The predicted molar refractivity (Wildman–Crippen MR) is 72.6 cm³/mol. The molecule has 1 aromatic rings. The third-order valence-electron chi connectivity index (χ3n) is 2.76. The summed E-state index contributed by atoms with van der Waals surface area (Å²) in [4.78, 5) is 25.4. The number of amides is 2. The largest absolute Gasteiger partial charge is 0.396 e. The maximum absolute atomic E-state index is 12.5. The van der Waals surface area contributed by atoms with Crippen molar-refractivity contribution in [2.24, 2.45) is 0 Å². The molecule has 0 unspecified atom stereocenters. The first-order valence-corrected chi connectivity index (χ1v) is 6.36. The second kappa shape index (κ2) is 6.77. The molecule has 0 aromatic carbocycles. The monoisotopic (exact) mass is 267 g/mol. The van der Waals surface area contributed by atoms with E-state index in [2.05, 4.69) is 10.4 Å². The van der Waals surface area contributed by atoms with E-state index in [-0.39, 0.29) is 18.4 Å². The molecule has 0 aliphatic rings. The molecule has 1 rings (SSSR count). The fourth-order valence-electron chi connectivity index (χ4n) is 1.80. The van der Waals surface area contributed by atoms with Crippen LogP contribution in [0.1, 0.15) is 30.8 Å². The lowest BCUT2D eigenvalue weighted by molar-refractivity contribution is -0.121. The number of nitrogens with zero attached hydrogens (tertiary/aromatic N) is 3. The number of aryl methyl sites for hydroxylation is 1. The van der Waals surface area contributed by atoms with Gasteiger partial charge in [0.2, 0.25) is 5.91 Å². The predicted octanol–water partition coefficient (Wildman–Crippen LogP) is 0.0834. The van der Waals surface area contributed by atoms with Gasteiger partial charge in [0.25, 0.3) is 5.91 Å². The van der Waals surface area contributed by atoms with Crippen LogP contribution in [0.3, 0.4) is 0 Å². The van der Waals surface area contributed by atoms with Crippen LogP contribution in [0.15, 0.2) is 6.20 Å². The highest BCUT2D eigenvalue weighted by Crippen LogP contribution is 2.14. The molecule has 7 heteroatoms. The number of nitrogen functional groups attached to an aromatic ring is 1. The van der Waals surface area contributed by atoms with Gasteiger partial charge in [0.1, 0.15) is 5.69 Å². The molecule has 106 valence electrons. The highest BCUT2D eigenvalue weighted by atomic mass is 16.2. The van der Waals surface area contributed by atoms with E-state index in [1.807, 2.05) is 13.8 Å². The normalized spacial score (nSPS) is 10.3. The molecule has 19 heavy (non-hydrogen) atoms. The highest BCUT2D eigenvalue weighted by molar-refractivity contribution is 5.99. The quantitative estimate of drug-likeness (QED) is 0.763. The van der Waals surface area contributed by atoms with Gasteiger partial charge in [-0.25, -0.2) is 0 Å². The zero-order valence-corrected chi connectivity index (χ0v) is 11.6. The molecular formula is C12H21N5O2. The minimum absolute atomic E-state index is 0.0253. The van der Waals surface area contributed by atoms with Crippen molar-refractivity contribution in [1.29, 1.82) is 0 Å². The van der Waals surface area contributed by atoms with E-state index in [9.17, 15) is 9.59 Å². The van der Waals surface area contributed by atoms with Crippen LogP contribution in [0.25, 0.3) is 0 Å². The summed E-state index contributed by atoms with van der Waals surface area (Å²) >= 11 is 0. The number of hydrogen-bond acceptors (Lipinski definition) is 4. The molecule has 0 aliphatic carbocycles. The third kappa shape index (κ3) is 3.46. The van der Waals surface area contributed by atoms with Crippen molar-refractivity contribution in [2.45, 2.75) is 26.8 Å². The van der Waals surface area contributed by atoms with E-state index in [0.717, 1.165) is 6.42 Å². The molecule has 1 heterocycles. The van der Waals surface area contributed by atoms with E-state index in [1.54, 1.807) is 11.7 Å². The lowest BCUT2D eigenvalue weighted by Crippen LogP contribution is -2.41. The van der Waals surface area contributed by atoms with E-state index in [4.69, 9.17) is 5.73 Å². The highest BCUT2D eigenvalue weighted by Gasteiger charge is 2.23. The van der Waals surface area contributed by atoms with Crippen molar-refractivity contribution in [2.75, 3.05) is 25.9 Å². The molecule has 1 aromatic heterocycles. The zero-order valence-electron chi connectivity index (χ0n) is 11.6. The first-order chi connectivity index (χ1) is 9.04. The summed E-state index contributed by atoms with van der Waals surface area (Å²) in [6, 6.07) is 0. The van der Waals surface area contributed by atoms with Gasteiger partial charge in [0.15, 0.2) is 0 Å². The Morgan fingerprint density at radius 1 is 1.47 bits per heavy atom. The van der Waals surface area contributed by atoms with Gasteiger partial charge in [0, 0.05) is 20.1 Å². The number of anilines is 1. The molecule has 0 spiro atoms. The summed E-state index contributed by atoms with van der Waals surface area (Å²) in [5.41, 5.74) is 6.47. The molecule has 3 N–H and O–H groups in total. The lowest BCUT2D eigenvalue weighted by Gasteiger charge is -2.21. The Morgan fingerprint density at radius 3 is 2.68 bits per heavy atom. The fraction of sp³-hybridized carbons (Fsp3) is 0.583. The average Bonchev–Trinajstić information content (AvgIpc) is 2.78. The number of nitrogens with one attached hydrogen (secondary N) is 1. The Balaban J connectivity index is 2.98. The van der Waals surface area contributed by atoms with E-state index < -0.39 is 0 Å². The van der Waals surface area contributed by atoms with Crippen LogP contribution in [0.4, 0.5) is 5.69 Å². The molecule has 0 aliphatic heterocycles. The van der Waals surface area contributed by atoms with Crippen LogP contribution in [0, 0.1) is 0 Å². The number of aromatic nitrogens is 2. The van der Waals surface area contributed by atoms with Gasteiger partial charge >= 0.3 is 0 Å². The molecule has 0 bridgehead atoms. The van der Waals surface area contributed by atoms with Gasteiger partial charge in [-0.05, 0) is 13.3 Å². The minimum atomic E-state index is -0.262. The fourth-order valence-corrected chi connectivity index (χ4v) is 1.80. The summed E-state index contributed by atoms with van der Waals surface area (Å²) in [5.74, 6) is -0.467. The molecule has 0 fully saturated rings. The Hall–Kier alpha value is -2.05. The smallest absolute Gasteiger partial charge is 0.274 e. The Kier molecular flexibility index (Phi) is 5.35. The number of likely N-dealkylation sites (N-methyl/N-ethyl adjacent to an activating group) is 1. The molecule has 0 saturated carbocycles. The average molecular weight is 267 g/mol. The summed E-state index contributed by atoms with van der Waals surface area (Å²) in [7, 11) is 1.54. The first kappa shape index (κ1) is 15.0. The first-order valence-electron chi connectivity index (χ1n) is 6.36. The molecule has 0 radical (unpaired) electrons. The SMILES string of the molecule is CCCN(CC(=O)NC)C(=O)c1c(N)cnn1CC. The van der Waals surface area contributed by atoms with E-state index in [1.165, 1.54) is 11.1 Å². The van der Waals surface area contributed by atoms with Gasteiger partial charge in [-0.15, -0.1) is 0 Å². The second-order valence-corrected chi connectivity index (χ2v) is 4.16. The van der Waals surface area contributed by atoms with Crippen molar-refractivity contribution in [3.63, 3.8) is 0 Å². The second-order valence-electron chi connectivity index (χ2n) is 4.16. The zero-order chi connectivity index (χ0) is 14.4. The number of carbonyl (C=O) groups is 2. The van der Waals surface area contributed by atoms with Crippen LogP contribution >= 0.6 is 0 Å². The van der Waals surface area contributed by atoms with Crippen LogP contribution in [-0.2, 0) is 11.3 Å². The lowest BCUT2D eigenvalue weighted by atomic mass is 10.3. The van der Waals surface area contributed by atoms with Crippen molar-refractivity contribution < 1.29 is 9.59 Å². The van der Waals surface area contributed by atoms with Crippen molar-refractivity contribution in [3.8, 4) is 0 Å². The number of rotatable bonds is 6. The summed E-state index contributed by atoms with van der Waals surface area (Å²) in [5, 5.41) is 6.55. The van der Waals surface area contributed by atoms with Gasteiger partial charge in [-0.1, -0.05) is 6.92 Å². The van der Waals surface area contributed by atoms with E-state index in [0.29, 0.717) is 24.5 Å². The summed E-state index contributed by atoms with van der Waals surface area (Å²) in [6.07, 6.45) is 2.23. The minimum Gasteiger partial charge on any atom is -0.396 e. The standard InChI is InChI=1S/C12H21N5O2/c1-4-6-16(8-10(18)14-3)12(19)11-9(13)7-15-17(11)5-2/h7H,4-6,8,13H2,1-3H3,(H,14,18). The molecule has 2 amide bonds. The van der Waals surface area contributed by atoms with Crippen molar-refractivity contribution in [3.05, 3.63) is 11.9 Å². The molecule has 0 atom stereocenters. The van der Waals surface area contributed by atoms with Crippen LogP contribution in [0.5, 0.6) is 0 Å².